The molecule has 0 N–H and O–H groups in total. The van der Waals surface area contributed by atoms with Crippen LogP contribution in [0.25, 0.3) is 0 Å². The zero-order chi connectivity index (χ0) is 20.8. The smallest absolute Gasteiger partial charge is 0.0995 e. The SMILES string of the molecule is N#Cc1ccccc1CN1C[C@H]2C[C@@H](n3cc(C4CC4)nn3)[C@H](OCC3CC3)C[C@H]2C1. The molecular formula is C25H31N5O. The van der Waals surface area contributed by atoms with Crippen molar-refractivity contribution in [1.29, 1.82) is 5.26 Å². The zero-order valence-electron chi connectivity index (χ0n) is 18.1. The third-order valence-corrected chi connectivity index (χ3v) is 7.80. The van der Waals surface area contributed by atoms with Crippen LogP contribution in [0.1, 0.15) is 67.3 Å². The first-order valence-electron chi connectivity index (χ1n) is 12.0. The molecule has 1 aliphatic heterocycles. The summed E-state index contributed by atoms with van der Waals surface area (Å²) >= 11 is 0. The van der Waals surface area contributed by atoms with Gasteiger partial charge in [-0.1, -0.05) is 23.4 Å². The molecule has 0 bridgehead atoms. The van der Waals surface area contributed by atoms with E-state index in [9.17, 15) is 5.26 Å². The summed E-state index contributed by atoms with van der Waals surface area (Å²) in [5, 5.41) is 18.5. The van der Waals surface area contributed by atoms with Crippen molar-refractivity contribution in [3.8, 4) is 6.07 Å². The maximum absolute atomic E-state index is 9.45. The number of nitriles is 1. The van der Waals surface area contributed by atoms with E-state index in [1.807, 2.05) is 18.2 Å². The Kier molecular flexibility index (Phi) is 5.04. The number of nitrogens with zero attached hydrogens (tertiary/aromatic N) is 5. The second-order valence-corrected chi connectivity index (χ2v) is 10.2. The average molecular weight is 418 g/mol. The van der Waals surface area contributed by atoms with Crippen molar-refractivity contribution in [3.05, 3.63) is 47.3 Å². The van der Waals surface area contributed by atoms with E-state index in [4.69, 9.17) is 4.74 Å². The van der Waals surface area contributed by atoms with Gasteiger partial charge in [-0.15, -0.1) is 5.10 Å². The summed E-state index contributed by atoms with van der Waals surface area (Å²) in [6.45, 7) is 3.97. The standard InChI is InChI=1S/C25H31N5O/c26-11-19-3-1-2-4-20(19)12-29-13-21-9-24(30-15-23(27-28-30)18-7-8-18)25(10-22(21)14-29)31-16-17-5-6-17/h1-4,15,17-18,21-22,24-25H,5-10,12-14,16H2/t21-,22+,24-,25-/m1/s1. The number of hydrogen-bond donors (Lipinski definition) is 0. The van der Waals surface area contributed by atoms with Crippen molar-refractivity contribution in [3.63, 3.8) is 0 Å². The maximum Gasteiger partial charge on any atom is 0.0995 e. The van der Waals surface area contributed by atoms with Crippen LogP contribution < -0.4 is 0 Å². The van der Waals surface area contributed by atoms with Gasteiger partial charge in [-0.05, 0) is 67.9 Å². The molecule has 1 saturated heterocycles. The molecule has 3 aliphatic carbocycles. The summed E-state index contributed by atoms with van der Waals surface area (Å²) in [6, 6.07) is 10.7. The topological polar surface area (TPSA) is 67.0 Å². The summed E-state index contributed by atoms with van der Waals surface area (Å²) in [4.78, 5) is 2.54. The van der Waals surface area contributed by atoms with E-state index in [0.29, 0.717) is 23.8 Å². The van der Waals surface area contributed by atoms with Crippen LogP contribution in [0.15, 0.2) is 30.5 Å². The third kappa shape index (κ3) is 4.14. The Morgan fingerprint density at radius 1 is 1.06 bits per heavy atom. The molecule has 4 aliphatic rings. The Labute approximate surface area is 184 Å². The van der Waals surface area contributed by atoms with Crippen molar-refractivity contribution in [2.75, 3.05) is 19.7 Å². The van der Waals surface area contributed by atoms with Crippen LogP contribution in [0.5, 0.6) is 0 Å². The summed E-state index contributed by atoms with van der Waals surface area (Å²) in [7, 11) is 0. The molecule has 1 aromatic heterocycles. The lowest BCUT2D eigenvalue weighted by Gasteiger charge is -2.37. The molecule has 0 unspecified atom stereocenters. The first-order chi connectivity index (χ1) is 15.3. The van der Waals surface area contributed by atoms with Gasteiger partial charge in [0.25, 0.3) is 0 Å². The van der Waals surface area contributed by atoms with Crippen molar-refractivity contribution in [1.82, 2.24) is 19.9 Å². The van der Waals surface area contributed by atoms with Gasteiger partial charge < -0.3 is 4.74 Å². The highest BCUT2D eigenvalue weighted by molar-refractivity contribution is 5.37. The minimum absolute atomic E-state index is 0.238. The molecule has 1 aromatic carbocycles. The molecule has 6 nitrogen and oxygen atoms in total. The van der Waals surface area contributed by atoms with Crippen molar-refractivity contribution in [2.24, 2.45) is 17.8 Å². The molecule has 162 valence electrons. The molecule has 31 heavy (non-hydrogen) atoms. The molecule has 4 fully saturated rings. The van der Waals surface area contributed by atoms with Gasteiger partial charge in [0.15, 0.2) is 0 Å². The third-order valence-electron chi connectivity index (χ3n) is 7.80. The van der Waals surface area contributed by atoms with Gasteiger partial charge in [0, 0.05) is 38.4 Å². The Balaban J connectivity index is 1.17. The Bertz CT molecular complexity index is 972. The zero-order valence-corrected chi connectivity index (χ0v) is 18.1. The average Bonchev–Trinajstić information content (AvgIpc) is 3.72. The first-order valence-corrected chi connectivity index (χ1v) is 12.0. The highest BCUT2D eigenvalue weighted by Crippen LogP contribution is 2.44. The summed E-state index contributed by atoms with van der Waals surface area (Å²) < 4.78 is 8.64. The molecule has 0 amide bonds. The number of ether oxygens (including phenoxy) is 1. The molecule has 6 heteroatoms. The van der Waals surface area contributed by atoms with Crippen molar-refractivity contribution in [2.45, 2.75) is 63.1 Å². The minimum atomic E-state index is 0.238. The monoisotopic (exact) mass is 417 g/mol. The van der Waals surface area contributed by atoms with Crippen LogP contribution in [0.3, 0.4) is 0 Å². The molecule has 6 rings (SSSR count). The fourth-order valence-corrected chi connectivity index (χ4v) is 5.64. The lowest BCUT2D eigenvalue weighted by Crippen LogP contribution is -2.38. The lowest BCUT2D eigenvalue weighted by atomic mass is 9.77. The normalized spacial score (nSPS) is 30.8. The van der Waals surface area contributed by atoms with Crippen LogP contribution in [0.4, 0.5) is 0 Å². The first kappa shape index (κ1) is 19.5. The molecule has 0 radical (unpaired) electrons. The van der Waals surface area contributed by atoms with E-state index in [1.165, 1.54) is 31.4 Å². The predicted molar refractivity (Wildman–Crippen MR) is 116 cm³/mol. The predicted octanol–water partition coefficient (Wildman–Crippen LogP) is 3.91. The van der Waals surface area contributed by atoms with E-state index in [2.05, 4.69) is 38.2 Å². The van der Waals surface area contributed by atoms with Crippen LogP contribution >= 0.6 is 0 Å². The Hall–Kier alpha value is -2.23. The summed E-state index contributed by atoms with van der Waals surface area (Å²) in [6.07, 6.45) is 9.83. The van der Waals surface area contributed by atoms with Crippen LogP contribution in [0.2, 0.25) is 0 Å². The summed E-state index contributed by atoms with van der Waals surface area (Å²) in [5.41, 5.74) is 3.12. The number of rotatable bonds is 7. The van der Waals surface area contributed by atoms with Crippen molar-refractivity contribution < 1.29 is 4.74 Å². The highest BCUT2D eigenvalue weighted by Gasteiger charge is 2.44. The van der Waals surface area contributed by atoms with E-state index in [1.54, 1.807) is 0 Å². The van der Waals surface area contributed by atoms with Crippen molar-refractivity contribution >= 4 is 0 Å². The second-order valence-electron chi connectivity index (χ2n) is 10.2. The fraction of sp³-hybridized carbons (Fsp3) is 0.640. The largest absolute Gasteiger partial charge is 0.376 e. The second kappa shape index (κ2) is 8.03. The van der Waals surface area contributed by atoms with E-state index in [-0.39, 0.29) is 6.10 Å². The lowest BCUT2D eigenvalue weighted by molar-refractivity contribution is -0.0375. The van der Waals surface area contributed by atoms with E-state index >= 15 is 0 Å². The van der Waals surface area contributed by atoms with Gasteiger partial charge in [-0.25, -0.2) is 4.68 Å². The molecule has 0 spiro atoms. The molecule has 2 heterocycles. The number of hydrogen-bond acceptors (Lipinski definition) is 5. The van der Waals surface area contributed by atoms with Gasteiger partial charge >= 0.3 is 0 Å². The molecule has 4 atom stereocenters. The molecule has 2 aromatic rings. The quantitative estimate of drug-likeness (QED) is 0.683. The summed E-state index contributed by atoms with van der Waals surface area (Å²) in [5.74, 6) is 2.74. The van der Waals surface area contributed by atoms with E-state index in [0.717, 1.165) is 56.1 Å². The number of benzene rings is 1. The molecule has 3 saturated carbocycles. The van der Waals surface area contributed by atoms with Gasteiger partial charge in [0.2, 0.25) is 0 Å². The Morgan fingerprint density at radius 3 is 2.65 bits per heavy atom. The number of aromatic nitrogens is 3. The number of likely N-dealkylation sites (tertiary alicyclic amines) is 1. The fourth-order valence-electron chi connectivity index (χ4n) is 5.64. The minimum Gasteiger partial charge on any atom is -0.376 e. The molecular weight excluding hydrogens is 386 g/mol. The maximum atomic E-state index is 9.45. The Morgan fingerprint density at radius 2 is 1.87 bits per heavy atom. The van der Waals surface area contributed by atoms with Crippen LogP contribution in [0, 0.1) is 29.1 Å². The van der Waals surface area contributed by atoms with Gasteiger partial charge in [0.05, 0.1) is 29.5 Å². The van der Waals surface area contributed by atoms with Gasteiger partial charge in [-0.2, -0.15) is 5.26 Å². The van der Waals surface area contributed by atoms with Gasteiger partial charge in [-0.3, -0.25) is 4.90 Å². The van der Waals surface area contributed by atoms with Crippen LogP contribution in [-0.4, -0.2) is 45.7 Å². The number of fused-ring (bicyclic) bond motifs is 1. The van der Waals surface area contributed by atoms with E-state index < -0.39 is 0 Å². The highest BCUT2D eigenvalue weighted by atomic mass is 16.5. The van der Waals surface area contributed by atoms with Crippen LogP contribution in [-0.2, 0) is 11.3 Å². The van der Waals surface area contributed by atoms with Gasteiger partial charge in [0.1, 0.15) is 0 Å².